The minimum absolute atomic E-state index is 0.0953. The maximum atomic E-state index is 13.2. The molecule has 1 saturated carbocycles. The van der Waals surface area contributed by atoms with E-state index >= 15 is 0 Å². The van der Waals surface area contributed by atoms with Crippen LogP contribution in [0, 0.1) is 0 Å². The number of nitrogens with zero attached hydrogens (tertiary/aromatic N) is 2. The molecule has 3 aromatic rings. The van der Waals surface area contributed by atoms with Crippen molar-refractivity contribution in [3.63, 3.8) is 0 Å². The molecule has 0 unspecified atom stereocenters. The molecular weight excluding hydrogens is 429 g/mol. The molecule has 170 valence electrons. The van der Waals surface area contributed by atoms with Crippen LogP contribution in [0.4, 0.5) is 22.0 Å². The highest BCUT2D eigenvalue weighted by molar-refractivity contribution is 5.81. The fourth-order valence-electron chi connectivity index (χ4n) is 3.95. The van der Waals surface area contributed by atoms with E-state index in [0.717, 1.165) is 10.2 Å². The predicted molar refractivity (Wildman–Crippen MR) is 109 cm³/mol. The second-order valence-corrected chi connectivity index (χ2v) is 8.36. The number of rotatable bonds is 7. The molecule has 1 heterocycles. The number of nitrogens with one attached hydrogen (secondary N) is 1. The first-order chi connectivity index (χ1) is 15.1. The van der Waals surface area contributed by atoms with E-state index < -0.39 is 24.6 Å². The van der Waals surface area contributed by atoms with Crippen LogP contribution in [0.2, 0.25) is 0 Å². The van der Waals surface area contributed by atoms with Gasteiger partial charge in [-0.1, -0.05) is 30.3 Å². The van der Waals surface area contributed by atoms with Gasteiger partial charge in [-0.25, -0.2) is 8.78 Å². The highest BCUT2D eigenvalue weighted by Crippen LogP contribution is 2.52. The SMILES string of the molecule is C[C@@H](NC(=O)Cc1ccc(C2(C(F)F)CC2)cc1)c1ccc2c(cnn2CC(F)(F)F)c1. The maximum Gasteiger partial charge on any atom is 0.408 e. The number of hydrogen-bond acceptors (Lipinski definition) is 2. The minimum Gasteiger partial charge on any atom is -0.349 e. The number of carbonyl (C=O) groups is 1. The minimum atomic E-state index is -4.37. The molecule has 0 radical (unpaired) electrons. The van der Waals surface area contributed by atoms with Gasteiger partial charge in [0, 0.05) is 5.39 Å². The topological polar surface area (TPSA) is 46.9 Å². The molecule has 4 nitrogen and oxygen atoms in total. The van der Waals surface area contributed by atoms with Gasteiger partial charge in [0.05, 0.1) is 29.6 Å². The number of benzene rings is 2. The Morgan fingerprint density at radius 1 is 1.16 bits per heavy atom. The quantitative estimate of drug-likeness (QED) is 0.495. The van der Waals surface area contributed by atoms with Gasteiger partial charge >= 0.3 is 6.18 Å². The van der Waals surface area contributed by atoms with E-state index in [1.54, 1.807) is 49.4 Å². The van der Waals surface area contributed by atoms with E-state index in [1.807, 2.05) is 0 Å². The summed E-state index contributed by atoms with van der Waals surface area (Å²) in [6.45, 7) is 0.612. The number of carbonyl (C=O) groups excluding carboxylic acids is 1. The molecule has 4 rings (SSSR count). The smallest absolute Gasteiger partial charge is 0.349 e. The Bertz CT molecular complexity index is 1120. The first-order valence-electron chi connectivity index (χ1n) is 10.3. The summed E-state index contributed by atoms with van der Waals surface area (Å²) in [6, 6.07) is 11.3. The molecule has 1 N–H and O–H groups in total. The standard InChI is InChI=1S/C23H22F5N3O/c1-14(16-4-7-19-17(11-16)12-29-31(19)13-23(26,27)28)30-20(32)10-15-2-5-18(6-3-15)22(8-9-22)21(24)25/h2-7,11-12,14,21H,8-10,13H2,1H3,(H,30,32)/t14-/m1/s1. The molecule has 1 aromatic heterocycles. The van der Waals surface area contributed by atoms with Crippen molar-refractivity contribution in [2.24, 2.45) is 0 Å². The van der Waals surface area contributed by atoms with Crippen molar-refractivity contribution in [3.05, 3.63) is 65.4 Å². The Balaban J connectivity index is 1.39. The second-order valence-electron chi connectivity index (χ2n) is 8.36. The van der Waals surface area contributed by atoms with E-state index in [4.69, 9.17) is 0 Å². The Kier molecular flexibility index (Phi) is 5.68. The van der Waals surface area contributed by atoms with Gasteiger partial charge < -0.3 is 5.32 Å². The maximum absolute atomic E-state index is 13.2. The summed E-state index contributed by atoms with van der Waals surface area (Å²) in [6.07, 6.45) is -4.35. The Labute approximate surface area is 181 Å². The van der Waals surface area contributed by atoms with Crippen molar-refractivity contribution < 1.29 is 26.7 Å². The van der Waals surface area contributed by atoms with Crippen molar-refractivity contribution in [2.45, 2.75) is 56.8 Å². The average molecular weight is 451 g/mol. The van der Waals surface area contributed by atoms with E-state index in [0.29, 0.717) is 34.9 Å². The summed E-state index contributed by atoms with van der Waals surface area (Å²) in [4.78, 5) is 12.5. The summed E-state index contributed by atoms with van der Waals surface area (Å²) in [5.74, 6) is -0.242. The monoisotopic (exact) mass is 451 g/mol. The van der Waals surface area contributed by atoms with Gasteiger partial charge in [-0.3, -0.25) is 9.48 Å². The number of fused-ring (bicyclic) bond motifs is 1. The largest absolute Gasteiger partial charge is 0.408 e. The highest BCUT2D eigenvalue weighted by Gasteiger charge is 2.52. The van der Waals surface area contributed by atoms with Gasteiger partial charge in [0.15, 0.2) is 0 Å². The van der Waals surface area contributed by atoms with Crippen molar-refractivity contribution in [1.29, 1.82) is 0 Å². The van der Waals surface area contributed by atoms with Crippen LogP contribution in [0.25, 0.3) is 10.9 Å². The van der Waals surface area contributed by atoms with Crippen LogP contribution in [-0.4, -0.2) is 28.3 Å². The lowest BCUT2D eigenvalue weighted by Crippen LogP contribution is -2.28. The van der Waals surface area contributed by atoms with Crippen LogP contribution in [0.5, 0.6) is 0 Å². The third-order valence-corrected chi connectivity index (χ3v) is 5.97. The number of halogens is 5. The molecule has 32 heavy (non-hydrogen) atoms. The van der Waals surface area contributed by atoms with Crippen LogP contribution in [0.3, 0.4) is 0 Å². The number of hydrogen-bond donors (Lipinski definition) is 1. The Morgan fingerprint density at radius 3 is 2.44 bits per heavy atom. The van der Waals surface area contributed by atoms with Crippen LogP contribution < -0.4 is 5.32 Å². The molecule has 1 aliphatic carbocycles. The van der Waals surface area contributed by atoms with Gasteiger partial charge in [-0.2, -0.15) is 18.3 Å². The summed E-state index contributed by atoms with van der Waals surface area (Å²) in [7, 11) is 0. The number of amides is 1. The van der Waals surface area contributed by atoms with E-state index in [2.05, 4.69) is 10.4 Å². The molecular formula is C23H22F5N3O. The molecule has 2 aromatic carbocycles. The van der Waals surface area contributed by atoms with Gasteiger partial charge in [0.1, 0.15) is 6.54 Å². The number of aromatic nitrogens is 2. The lowest BCUT2D eigenvalue weighted by molar-refractivity contribution is -0.141. The number of alkyl halides is 5. The first-order valence-corrected chi connectivity index (χ1v) is 10.3. The predicted octanol–water partition coefficient (Wildman–Crippen LogP) is 5.32. The van der Waals surface area contributed by atoms with Crippen molar-refractivity contribution in [1.82, 2.24) is 15.1 Å². The van der Waals surface area contributed by atoms with E-state index in [9.17, 15) is 26.7 Å². The first kappa shape index (κ1) is 22.2. The highest BCUT2D eigenvalue weighted by atomic mass is 19.4. The fraction of sp³-hybridized carbons (Fsp3) is 0.391. The average Bonchev–Trinajstić information content (AvgIpc) is 3.45. The molecule has 1 atom stereocenters. The zero-order chi connectivity index (χ0) is 23.1. The summed E-state index contributed by atoms with van der Waals surface area (Å²) in [5, 5.41) is 7.22. The third kappa shape index (κ3) is 4.61. The molecule has 1 fully saturated rings. The fourth-order valence-corrected chi connectivity index (χ4v) is 3.95. The Morgan fingerprint density at radius 2 is 1.84 bits per heavy atom. The molecule has 0 aliphatic heterocycles. The van der Waals surface area contributed by atoms with Crippen molar-refractivity contribution in [3.8, 4) is 0 Å². The van der Waals surface area contributed by atoms with Crippen molar-refractivity contribution in [2.75, 3.05) is 0 Å². The molecule has 9 heteroatoms. The lowest BCUT2D eigenvalue weighted by Gasteiger charge is -2.16. The van der Waals surface area contributed by atoms with Gasteiger partial charge in [-0.05, 0) is 48.6 Å². The zero-order valence-corrected chi connectivity index (χ0v) is 17.3. The van der Waals surface area contributed by atoms with Crippen LogP contribution in [-0.2, 0) is 23.2 Å². The van der Waals surface area contributed by atoms with Gasteiger partial charge in [0.25, 0.3) is 0 Å². The summed E-state index contributed by atoms with van der Waals surface area (Å²) >= 11 is 0. The lowest BCUT2D eigenvalue weighted by atomic mass is 9.95. The summed E-state index contributed by atoms with van der Waals surface area (Å²) < 4.78 is 65.3. The normalized spacial score (nSPS) is 16.3. The van der Waals surface area contributed by atoms with Crippen molar-refractivity contribution >= 4 is 16.8 Å². The van der Waals surface area contributed by atoms with E-state index in [1.165, 1.54) is 6.20 Å². The zero-order valence-electron chi connectivity index (χ0n) is 17.3. The third-order valence-electron chi connectivity index (χ3n) is 5.97. The summed E-state index contributed by atoms with van der Waals surface area (Å²) in [5.41, 5.74) is 1.39. The molecule has 1 amide bonds. The van der Waals surface area contributed by atoms with Gasteiger partial charge in [-0.15, -0.1) is 0 Å². The molecule has 1 aliphatic rings. The van der Waals surface area contributed by atoms with Crippen LogP contribution >= 0.6 is 0 Å². The molecule has 0 bridgehead atoms. The molecule has 0 saturated heterocycles. The van der Waals surface area contributed by atoms with Crippen LogP contribution in [0.15, 0.2) is 48.7 Å². The van der Waals surface area contributed by atoms with Crippen LogP contribution in [0.1, 0.15) is 42.5 Å². The van der Waals surface area contributed by atoms with Gasteiger partial charge in [0.2, 0.25) is 12.3 Å². The van der Waals surface area contributed by atoms with E-state index in [-0.39, 0.29) is 18.4 Å². The second kappa shape index (κ2) is 8.18. The Hall–Kier alpha value is -2.97. The molecule has 0 spiro atoms.